The van der Waals surface area contributed by atoms with Crippen LogP contribution in [0.3, 0.4) is 0 Å². The number of nitrogens with zero attached hydrogens (tertiary/aromatic N) is 1. The summed E-state index contributed by atoms with van der Waals surface area (Å²) in [5.74, 6) is 0.00546. The number of hydrogen-bond donors (Lipinski definition) is 7. The Morgan fingerprint density at radius 2 is 1.62 bits per heavy atom. The Bertz CT molecular complexity index is 2080. The molecule has 0 atom stereocenters. The SMILES string of the molecule is Cc1cc(C2=N/C(=C(/c3ccccc3)c3ccc(-c4cc(C(C)(C)C)cc(C(=N)/C=C\C=N)c4O)[nH]3)C=C2)c(O)c(/C(N)=C/C=C\N)c1. The largest absolute Gasteiger partial charge is 0.507 e. The fourth-order valence-electron chi connectivity index (χ4n) is 5.55. The van der Waals surface area contributed by atoms with Gasteiger partial charge in [-0.25, -0.2) is 4.99 Å². The van der Waals surface area contributed by atoms with Crippen LogP contribution in [0.15, 0.2) is 120 Å². The zero-order valence-corrected chi connectivity index (χ0v) is 27.5. The zero-order valence-electron chi connectivity index (χ0n) is 27.5. The van der Waals surface area contributed by atoms with Crippen LogP contribution in [-0.2, 0) is 5.41 Å². The number of aromatic amines is 1. The van der Waals surface area contributed by atoms with Crippen LogP contribution in [0.5, 0.6) is 11.5 Å². The Hall–Kier alpha value is -6.15. The number of phenols is 2. The van der Waals surface area contributed by atoms with Gasteiger partial charge < -0.3 is 37.5 Å². The second-order valence-electron chi connectivity index (χ2n) is 12.6. The number of benzene rings is 3. The van der Waals surface area contributed by atoms with E-state index in [1.54, 1.807) is 12.2 Å². The molecule has 0 spiro atoms. The predicted molar refractivity (Wildman–Crippen MR) is 198 cm³/mol. The third-order valence-electron chi connectivity index (χ3n) is 8.06. The molecule has 1 aliphatic rings. The molecule has 1 aromatic heterocycles. The van der Waals surface area contributed by atoms with E-state index >= 15 is 0 Å². The maximum atomic E-state index is 11.5. The number of nitrogens with two attached hydrogens (primary N) is 2. The highest BCUT2D eigenvalue weighted by Gasteiger charge is 2.23. The molecule has 242 valence electrons. The molecule has 5 rings (SSSR count). The molecule has 0 aliphatic carbocycles. The zero-order chi connectivity index (χ0) is 34.6. The standard InChI is InChI=1S/C40H40N6O2/c1-24-20-27(31(43)12-8-18-41)38(47)29(21-24)33-14-16-35(45-33)37(25-10-6-5-7-11-25)36-17-15-34(46-36)30-23-26(40(2,3)4)22-28(39(30)48)32(44)13-9-19-42/h5-23,42,44,46-48H,41,43H2,1-4H3/b13-9-,18-8-,31-12-,37-35-,42-19?,44-32?. The minimum absolute atomic E-state index is 0.0213. The molecule has 3 aromatic carbocycles. The number of rotatable bonds is 9. The molecule has 0 saturated carbocycles. The maximum absolute atomic E-state index is 11.5. The summed E-state index contributed by atoms with van der Waals surface area (Å²) in [5.41, 5.74) is 20.3. The summed E-state index contributed by atoms with van der Waals surface area (Å²) in [4.78, 5) is 8.51. The van der Waals surface area contributed by atoms with Gasteiger partial charge in [-0.3, -0.25) is 0 Å². The van der Waals surface area contributed by atoms with Gasteiger partial charge in [0.15, 0.2) is 0 Å². The van der Waals surface area contributed by atoms with Crippen molar-refractivity contribution in [1.29, 1.82) is 10.8 Å². The van der Waals surface area contributed by atoms with Crippen LogP contribution < -0.4 is 11.5 Å². The predicted octanol–water partition coefficient (Wildman–Crippen LogP) is 7.86. The number of aliphatic imine (C=N–C) groups is 1. The number of allylic oxidation sites excluding steroid dienone is 6. The van der Waals surface area contributed by atoms with Crippen molar-refractivity contribution in [3.63, 3.8) is 0 Å². The van der Waals surface area contributed by atoms with Crippen molar-refractivity contribution in [2.45, 2.75) is 33.1 Å². The van der Waals surface area contributed by atoms with Gasteiger partial charge in [0.2, 0.25) is 0 Å². The molecule has 0 bridgehead atoms. The Morgan fingerprint density at radius 3 is 2.31 bits per heavy atom. The van der Waals surface area contributed by atoms with E-state index in [1.165, 1.54) is 18.4 Å². The van der Waals surface area contributed by atoms with Crippen LogP contribution >= 0.6 is 0 Å². The number of aryl methyl sites for hydroxylation is 1. The van der Waals surface area contributed by atoms with Gasteiger partial charge in [0, 0.05) is 51.1 Å². The first-order valence-corrected chi connectivity index (χ1v) is 15.5. The van der Waals surface area contributed by atoms with Crippen LogP contribution in [0.4, 0.5) is 0 Å². The van der Waals surface area contributed by atoms with Crippen molar-refractivity contribution in [3.05, 3.63) is 154 Å². The third kappa shape index (κ3) is 6.83. The van der Waals surface area contributed by atoms with Gasteiger partial charge in [0.25, 0.3) is 0 Å². The maximum Gasteiger partial charge on any atom is 0.134 e. The minimum Gasteiger partial charge on any atom is -0.507 e. The Morgan fingerprint density at radius 1 is 0.896 bits per heavy atom. The van der Waals surface area contributed by atoms with Gasteiger partial charge in [-0.05, 0) is 108 Å². The normalized spacial score (nSPS) is 14.6. The molecule has 0 fully saturated rings. The number of phenolic OH excluding ortho intramolecular Hbond substituents is 2. The van der Waals surface area contributed by atoms with Gasteiger partial charge >= 0.3 is 0 Å². The van der Waals surface area contributed by atoms with Crippen LogP contribution in [0.2, 0.25) is 0 Å². The Kier molecular flexibility index (Phi) is 9.47. The lowest BCUT2D eigenvalue weighted by atomic mass is 9.83. The van der Waals surface area contributed by atoms with E-state index in [4.69, 9.17) is 27.3 Å². The van der Waals surface area contributed by atoms with E-state index in [1.807, 2.05) is 85.8 Å². The summed E-state index contributed by atoms with van der Waals surface area (Å²) in [6.07, 6.45) is 12.5. The highest BCUT2D eigenvalue weighted by Crippen LogP contribution is 2.40. The summed E-state index contributed by atoms with van der Waals surface area (Å²) in [6.45, 7) is 8.19. The molecule has 2 heterocycles. The number of aromatic nitrogens is 1. The number of hydrogen-bond acceptors (Lipinski definition) is 7. The molecule has 8 heteroatoms. The summed E-state index contributed by atoms with van der Waals surface area (Å²) in [7, 11) is 0. The molecule has 0 unspecified atom stereocenters. The first-order valence-electron chi connectivity index (χ1n) is 15.5. The van der Waals surface area contributed by atoms with E-state index in [2.05, 4.69) is 25.8 Å². The Labute approximate surface area is 280 Å². The smallest absolute Gasteiger partial charge is 0.134 e. The first-order chi connectivity index (χ1) is 22.9. The van der Waals surface area contributed by atoms with Crippen molar-refractivity contribution < 1.29 is 10.2 Å². The monoisotopic (exact) mass is 636 g/mol. The lowest BCUT2D eigenvalue weighted by molar-refractivity contribution is 0.472. The molecular weight excluding hydrogens is 596 g/mol. The van der Waals surface area contributed by atoms with Crippen molar-refractivity contribution >= 4 is 28.9 Å². The summed E-state index contributed by atoms with van der Waals surface area (Å²) in [6, 6.07) is 21.2. The molecule has 4 aromatic rings. The quantitative estimate of drug-likeness (QED) is 0.0734. The van der Waals surface area contributed by atoms with Gasteiger partial charge in [-0.2, -0.15) is 0 Å². The molecule has 9 N–H and O–H groups in total. The van der Waals surface area contributed by atoms with Crippen LogP contribution in [-0.4, -0.2) is 32.8 Å². The van der Waals surface area contributed by atoms with Gasteiger partial charge in [0.1, 0.15) is 11.5 Å². The van der Waals surface area contributed by atoms with Gasteiger partial charge in [-0.15, -0.1) is 0 Å². The van der Waals surface area contributed by atoms with Gasteiger partial charge in [-0.1, -0.05) is 51.1 Å². The summed E-state index contributed by atoms with van der Waals surface area (Å²) in [5, 5.41) is 38.6. The van der Waals surface area contributed by atoms with Crippen molar-refractivity contribution in [3.8, 4) is 22.8 Å². The second kappa shape index (κ2) is 13.7. The van der Waals surface area contributed by atoms with E-state index in [9.17, 15) is 10.2 Å². The topological polar surface area (TPSA) is 168 Å². The van der Waals surface area contributed by atoms with Crippen LogP contribution in [0.1, 0.15) is 59.8 Å². The van der Waals surface area contributed by atoms with Crippen molar-refractivity contribution in [1.82, 2.24) is 4.98 Å². The number of nitrogens with one attached hydrogen (secondary N) is 3. The molecular formula is C40H40N6O2. The highest BCUT2D eigenvalue weighted by molar-refractivity contribution is 6.14. The fraction of sp³-hybridized carbons (Fsp3) is 0.125. The Balaban J connectivity index is 1.66. The minimum atomic E-state index is -0.252. The van der Waals surface area contributed by atoms with Crippen molar-refractivity contribution in [2.75, 3.05) is 0 Å². The van der Waals surface area contributed by atoms with E-state index in [-0.39, 0.29) is 22.6 Å². The fourth-order valence-corrected chi connectivity index (χ4v) is 5.55. The highest BCUT2D eigenvalue weighted by atomic mass is 16.3. The molecule has 48 heavy (non-hydrogen) atoms. The number of H-pyrrole nitrogens is 1. The summed E-state index contributed by atoms with van der Waals surface area (Å²) < 4.78 is 0. The average Bonchev–Trinajstić information content (AvgIpc) is 3.74. The third-order valence-corrected chi connectivity index (χ3v) is 8.06. The molecule has 1 aliphatic heterocycles. The van der Waals surface area contributed by atoms with Gasteiger partial charge in [0.05, 0.1) is 17.1 Å². The lowest BCUT2D eigenvalue weighted by Crippen LogP contribution is -2.13. The average molecular weight is 637 g/mol. The molecule has 0 radical (unpaired) electrons. The molecule has 0 saturated heterocycles. The van der Waals surface area contributed by atoms with E-state index < -0.39 is 0 Å². The van der Waals surface area contributed by atoms with Crippen LogP contribution in [0, 0.1) is 17.7 Å². The number of aromatic hydroxyl groups is 2. The summed E-state index contributed by atoms with van der Waals surface area (Å²) >= 11 is 0. The molecule has 0 amide bonds. The lowest BCUT2D eigenvalue weighted by Gasteiger charge is -2.22. The van der Waals surface area contributed by atoms with E-state index in [0.29, 0.717) is 45.1 Å². The van der Waals surface area contributed by atoms with E-state index in [0.717, 1.165) is 34.2 Å². The van der Waals surface area contributed by atoms with Crippen molar-refractivity contribution in [2.24, 2.45) is 16.5 Å². The first kappa shape index (κ1) is 33.2. The molecule has 8 nitrogen and oxygen atoms in total. The second-order valence-corrected chi connectivity index (χ2v) is 12.6. The van der Waals surface area contributed by atoms with Crippen LogP contribution in [0.25, 0.3) is 22.5 Å².